The maximum atomic E-state index is 12.2. The average molecular weight is 322 g/mol. The summed E-state index contributed by atoms with van der Waals surface area (Å²) >= 11 is 0. The molecule has 120 valence electrons. The van der Waals surface area contributed by atoms with Gasteiger partial charge in [0.25, 0.3) is 0 Å². The number of carbonyl (C=O) groups excluding carboxylic acids is 2. The van der Waals surface area contributed by atoms with Gasteiger partial charge in [-0.3, -0.25) is 14.4 Å². The molecule has 0 radical (unpaired) electrons. The highest BCUT2D eigenvalue weighted by Gasteiger charge is 2.38. The van der Waals surface area contributed by atoms with Crippen LogP contribution in [0.5, 0.6) is 0 Å². The predicted octanol–water partition coefficient (Wildman–Crippen LogP) is -1.46. The first kappa shape index (κ1) is 17.4. The Hall–Kier alpha value is -1.68. The molecular weight excluding hydrogens is 304 g/mol. The van der Waals surface area contributed by atoms with Crippen molar-refractivity contribution in [2.24, 2.45) is 0 Å². The van der Waals surface area contributed by atoms with Gasteiger partial charge in [-0.05, 0) is 6.92 Å². The minimum atomic E-state index is -3.92. The first-order chi connectivity index (χ1) is 9.77. The van der Waals surface area contributed by atoms with Crippen LogP contribution in [-0.4, -0.2) is 67.2 Å². The summed E-state index contributed by atoms with van der Waals surface area (Å²) in [5.41, 5.74) is 0. The number of aliphatic carboxylic acids is 1. The molecule has 0 aromatic heterocycles. The molecule has 1 unspecified atom stereocenters. The highest BCUT2D eigenvalue weighted by molar-refractivity contribution is 7.89. The molecule has 10 heteroatoms. The number of carboxylic acid groups (broad SMARTS) is 1. The van der Waals surface area contributed by atoms with Gasteiger partial charge in [-0.25, -0.2) is 8.42 Å². The number of piperazine rings is 1. The lowest BCUT2D eigenvalue weighted by molar-refractivity contribution is -0.143. The van der Waals surface area contributed by atoms with Gasteiger partial charge in [0, 0.05) is 13.1 Å². The second kappa shape index (κ2) is 7.36. The fourth-order valence-electron chi connectivity index (χ4n) is 1.95. The lowest BCUT2D eigenvalue weighted by Gasteiger charge is -2.33. The zero-order valence-electron chi connectivity index (χ0n) is 11.6. The van der Waals surface area contributed by atoms with Gasteiger partial charge in [0.2, 0.25) is 15.9 Å². The molecule has 1 aliphatic heterocycles. The van der Waals surface area contributed by atoms with Crippen molar-refractivity contribution in [3.8, 4) is 0 Å². The number of rotatable bonds is 7. The highest BCUT2D eigenvalue weighted by atomic mass is 32.2. The minimum Gasteiger partial charge on any atom is -0.481 e. The topological polar surface area (TPSA) is 130 Å². The van der Waals surface area contributed by atoms with Gasteiger partial charge in [0.1, 0.15) is 6.04 Å². The third-order valence-electron chi connectivity index (χ3n) is 2.88. The van der Waals surface area contributed by atoms with E-state index in [9.17, 15) is 22.8 Å². The van der Waals surface area contributed by atoms with Crippen molar-refractivity contribution in [3.63, 3.8) is 0 Å². The molecule has 1 rings (SSSR count). The third kappa shape index (κ3) is 4.97. The van der Waals surface area contributed by atoms with Gasteiger partial charge in [-0.1, -0.05) is 0 Å². The Labute approximate surface area is 122 Å². The summed E-state index contributed by atoms with van der Waals surface area (Å²) in [4.78, 5) is 33.6. The average Bonchev–Trinajstić information content (AvgIpc) is 2.39. The zero-order chi connectivity index (χ0) is 16.0. The number of sulfonamides is 1. The van der Waals surface area contributed by atoms with E-state index in [1.807, 2.05) is 0 Å². The Morgan fingerprint density at radius 1 is 1.48 bits per heavy atom. The van der Waals surface area contributed by atoms with E-state index in [0.29, 0.717) is 0 Å². The second-order valence-corrected chi connectivity index (χ2v) is 6.43. The van der Waals surface area contributed by atoms with Crippen molar-refractivity contribution in [3.05, 3.63) is 0 Å². The molecule has 0 aromatic carbocycles. The number of nitrogens with zero attached hydrogens (tertiary/aromatic N) is 1. The highest BCUT2D eigenvalue weighted by Crippen LogP contribution is 2.15. The van der Waals surface area contributed by atoms with Crippen LogP contribution in [0.15, 0.2) is 0 Å². The number of carboxylic acids is 1. The van der Waals surface area contributed by atoms with Gasteiger partial charge < -0.3 is 15.2 Å². The molecule has 1 saturated heterocycles. The number of nitrogens with one attached hydrogen (secondary N) is 1. The summed E-state index contributed by atoms with van der Waals surface area (Å²) in [6.07, 6.45) is -0.960. The van der Waals surface area contributed by atoms with E-state index in [1.165, 1.54) is 0 Å². The number of hydrogen-bond acceptors (Lipinski definition) is 6. The van der Waals surface area contributed by atoms with Crippen LogP contribution in [0.4, 0.5) is 0 Å². The number of esters is 1. The molecule has 9 nitrogen and oxygen atoms in total. The van der Waals surface area contributed by atoms with E-state index < -0.39 is 46.1 Å². The van der Waals surface area contributed by atoms with Crippen LogP contribution >= 0.6 is 0 Å². The molecule has 2 N–H and O–H groups in total. The summed E-state index contributed by atoms with van der Waals surface area (Å²) in [7, 11) is -3.92. The fourth-order valence-corrected chi connectivity index (χ4v) is 3.54. The van der Waals surface area contributed by atoms with E-state index in [4.69, 9.17) is 5.11 Å². The van der Waals surface area contributed by atoms with Crippen molar-refractivity contribution in [1.29, 1.82) is 0 Å². The number of hydrogen-bond donors (Lipinski definition) is 2. The molecular formula is C11H18N2O7S. The first-order valence-corrected chi connectivity index (χ1v) is 8.03. The van der Waals surface area contributed by atoms with E-state index in [1.54, 1.807) is 6.92 Å². The second-order valence-electron chi connectivity index (χ2n) is 4.39. The van der Waals surface area contributed by atoms with E-state index in [0.717, 1.165) is 4.31 Å². The maximum Gasteiger partial charge on any atom is 0.306 e. The predicted molar refractivity (Wildman–Crippen MR) is 70.8 cm³/mol. The summed E-state index contributed by atoms with van der Waals surface area (Å²) < 4.78 is 29.8. The number of carbonyl (C=O) groups is 3. The zero-order valence-corrected chi connectivity index (χ0v) is 12.4. The monoisotopic (exact) mass is 322 g/mol. The van der Waals surface area contributed by atoms with Crippen LogP contribution in [0.1, 0.15) is 19.8 Å². The first-order valence-electron chi connectivity index (χ1n) is 6.42. The van der Waals surface area contributed by atoms with Crippen molar-refractivity contribution < 1.29 is 32.6 Å². The molecule has 1 amide bonds. The molecule has 1 fully saturated rings. The summed E-state index contributed by atoms with van der Waals surface area (Å²) in [6.45, 7) is 1.83. The van der Waals surface area contributed by atoms with E-state index >= 15 is 0 Å². The van der Waals surface area contributed by atoms with Crippen molar-refractivity contribution >= 4 is 27.9 Å². The van der Waals surface area contributed by atoms with Gasteiger partial charge in [0.05, 0.1) is 25.2 Å². The quantitative estimate of drug-likeness (QED) is 0.548. The van der Waals surface area contributed by atoms with Crippen LogP contribution < -0.4 is 5.32 Å². The molecule has 0 aliphatic carbocycles. The summed E-state index contributed by atoms with van der Waals surface area (Å²) in [6, 6.07) is -1.29. The largest absolute Gasteiger partial charge is 0.481 e. The van der Waals surface area contributed by atoms with Gasteiger partial charge in [0.15, 0.2) is 0 Å². The van der Waals surface area contributed by atoms with Crippen LogP contribution in [0, 0.1) is 0 Å². The summed E-state index contributed by atoms with van der Waals surface area (Å²) in [5.74, 6) is -3.10. The van der Waals surface area contributed by atoms with E-state index in [2.05, 4.69) is 10.1 Å². The number of ether oxygens (including phenoxy) is 1. The Balaban J connectivity index is 2.80. The molecule has 0 bridgehead atoms. The van der Waals surface area contributed by atoms with Crippen molar-refractivity contribution in [2.75, 3.05) is 25.4 Å². The van der Waals surface area contributed by atoms with Crippen LogP contribution in [0.3, 0.4) is 0 Å². The Morgan fingerprint density at radius 3 is 2.71 bits per heavy atom. The lowest BCUT2D eigenvalue weighted by atomic mass is 10.1. The SMILES string of the molecule is CCOC(=O)CCS(=O)(=O)N1CCNC(=O)C1CC(=O)O. The van der Waals surface area contributed by atoms with Crippen LogP contribution in [0.2, 0.25) is 0 Å². The van der Waals surface area contributed by atoms with Crippen molar-refractivity contribution in [2.45, 2.75) is 25.8 Å². The molecule has 0 aromatic rings. The van der Waals surface area contributed by atoms with Crippen molar-refractivity contribution in [1.82, 2.24) is 9.62 Å². The molecule has 1 heterocycles. The smallest absolute Gasteiger partial charge is 0.306 e. The lowest BCUT2D eigenvalue weighted by Crippen LogP contribution is -2.58. The number of amides is 1. The fraction of sp³-hybridized carbons (Fsp3) is 0.727. The molecule has 21 heavy (non-hydrogen) atoms. The van der Waals surface area contributed by atoms with E-state index in [-0.39, 0.29) is 26.1 Å². The molecule has 0 spiro atoms. The Kier molecular flexibility index (Phi) is 6.09. The van der Waals surface area contributed by atoms with Gasteiger partial charge in [-0.15, -0.1) is 0 Å². The molecule has 0 saturated carbocycles. The molecule has 1 aliphatic rings. The maximum absolute atomic E-state index is 12.2. The standard InChI is InChI=1S/C11H18N2O7S/c1-2-20-10(16)3-6-21(18,19)13-5-4-12-11(17)8(13)7-9(14)15/h8H,2-7H2,1H3,(H,12,17)(H,14,15). The van der Waals surface area contributed by atoms with Crippen LogP contribution in [0.25, 0.3) is 0 Å². The molecule has 1 atom stereocenters. The normalized spacial score (nSPS) is 19.9. The third-order valence-corrected chi connectivity index (χ3v) is 4.75. The van der Waals surface area contributed by atoms with Gasteiger partial charge >= 0.3 is 11.9 Å². The Morgan fingerprint density at radius 2 is 2.14 bits per heavy atom. The van der Waals surface area contributed by atoms with Gasteiger partial charge in [-0.2, -0.15) is 4.31 Å². The summed E-state index contributed by atoms with van der Waals surface area (Å²) in [5, 5.41) is 11.2. The minimum absolute atomic E-state index is 0.0190. The Bertz CT molecular complexity index is 517. The van der Waals surface area contributed by atoms with Crippen LogP contribution in [-0.2, 0) is 29.1 Å².